The van der Waals surface area contributed by atoms with Crippen molar-refractivity contribution in [3.05, 3.63) is 44.2 Å². The Hall–Kier alpha value is -0.880. The van der Waals surface area contributed by atoms with Crippen molar-refractivity contribution in [3.63, 3.8) is 0 Å². The quantitative estimate of drug-likeness (QED) is 0.859. The third-order valence-corrected chi connectivity index (χ3v) is 4.49. The van der Waals surface area contributed by atoms with Gasteiger partial charge in [0, 0.05) is 4.47 Å². The molecule has 1 aromatic heterocycles. The fraction of sp³-hybridized carbons (Fsp3) is 0.250. The summed E-state index contributed by atoms with van der Waals surface area (Å²) >= 11 is 6.75. The highest BCUT2D eigenvalue weighted by Crippen LogP contribution is 2.31. The van der Waals surface area contributed by atoms with Crippen LogP contribution < -0.4 is 5.73 Å². The van der Waals surface area contributed by atoms with Gasteiger partial charge < -0.3 is 5.73 Å². The minimum Gasteiger partial charge on any atom is -0.383 e. The van der Waals surface area contributed by atoms with Gasteiger partial charge in [-0.2, -0.15) is 5.10 Å². The third kappa shape index (κ3) is 2.31. The lowest BCUT2D eigenvalue weighted by Gasteiger charge is -2.16. The van der Waals surface area contributed by atoms with Crippen LogP contribution in [0.4, 0.5) is 10.2 Å². The molecule has 0 aliphatic carbocycles. The minimum absolute atomic E-state index is 0.0787. The van der Waals surface area contributed by atoms with E-state index in [1.165, 1.54) is 12.1 Å². The van der Waals surface area contributed by atoms with Crippen LogP contribution in [-0.4, -0.2) is 9.78 Å². The number of halogens is 3. The standard InChI is InChI=1S/C12H12Br2FN3/c1-6-11(14)12(16)18(17-6)7(2)9-4-3-8(15)5-10(9)13/h3-5,7H,16H2,1-2H3. The summed E-state index contributed by atoms with van der Waals surface area (Å²) in [4.78, 5) is 0. The van der Waals surface area contributed by atoms with Gasteiger partial charge in [-0.3, -0.25) is 0 Å². The Morgan fingerprint density at radius 3 is 2.56 bits per heavy atom. The van der Waals surface area contributed by atoms with E-state index in [0.717, 1.165) is 15.7 Å². The molecule has 1 aromatic carbocycles. The number of nitrogens with zero attached hydrogens (tertiary/aromatic N) is 2. The van der Waals surface area contributed by atoms with Crippen LogP contribution in [0.15, 0.2) is 27.1 Å². The molecular weight excluding hydrogens is 365 g/mol. The molecule has 0 fully saturated rings. The fourth-order valence-electron chi connectivity index (χ4n) is 1.81. The lowest BCUT2D eigenvalue weighted by atomic mass is 10.1. The third-order valence-electron chi connectivity index (χ3n) is 2.83. The van der Waals surface area contributed by atoms with Gasteiger partial charge in [0.15, 0.2) is 0 Å². The largest absolute Gasteiger partial charge is 0.383 e. The van der Waals surface area contributed by atoms with Crippen LogP contribution in [0, 0.1) is 12.7 Å². The van der Waals surface area contributed by atoms with Gasteiger partial charge in [0.25, 0.3) is 0 Å². The van der Waals surface area contributed by atoms with Gasteiger partial charge >= 0.3 is 0 Å². The number of benzene rings is 1. The monoisotopic (exact) mass is 375 g/mol. The number of hydrogen-bond donors (Lipinski definition) is 1. The van der Waals surface area contributed by atoms with Crippen molar-refractivity contribution in [2.24, 2.45) is 0 Å². The first-order valence-electron chi connectivity index (χ1n) is 5.37. The van der Waals surface area contributed by atoms with Crippen molar-refractivity contribution < 1.29 is 4.39 Å². The molecule has 0 bridgehead atoms. The average Bonchev–Trinajstić information content (AvgIpc) is 2.56. The molecule has 0 aliphatic heterocycles. The van der Waals surface area contributed by atoms with Gasteiger partial charge in [0.1, 0.15) is 11.6 Å². The Kier molecular flexibility index (Phi) is 3.77. The second-order valence-corrected chi connectivity index (χ2v) is 5.72. The molecule has 2 N–H and O–H groups in total. The van der Waals surface area contributed by atoms with Crippen LogP contribution in [0.5, 0.6) is 0 Å². The van der Waals surface area contributed by atoms with E-state index in [1.807, 2.05) is 13.8 Å². The van der Waals surface area contributed by atoms with Gasteiger partial charge in [-0.1, -0.05) is 22.0 Å². The summed E-state index contributed by atoms with van der Waals surface area (Å²) in [5.74, 6) is 0.292. The Balaban J connectivity index is 2.47. The van der Waals surface area contributed by atoms with E-state index in [9.17, 15) is 4.39 Å². The van der Waals surface area contributed by atoms with Crippen molar-refractivity contribution >= 4 is 37.7 Å². The van der Waals surface area contributed by atoms with Gasteiger partial charge in [0.2, 0.25) is 0 Å². The topological polar surface area (TPSA) is 43.8 Å². The molecule has 0 saturated heterocycles. The van der Waals surface area contributed by atoms with E-state index >= 15 is 0 Å². The number of hydrogen-bond acceptors (Lipinski definition) is 2. The summed E-state index contributed by atoms with van der Waals surface area (Å²) in [6.07, 6.45) is 0. The molecule has 6 heteroatoms. The second-order valence-electron chi connectivity index (χ2n) is 4.07. The molecule has 2 aromatic rings. The number of nitrogens with two attached hydrogens (primary N) is 1. The van der Waals surface area contributed by atoms with Gasteiger partial charge in [-0.15, -0.1) is 0 Å². The Morgan fingerprint density at radius 1 is 1.39 bits per heavy atom. The molecule has 1 unspecified atom stereocenters. The van der Waals surface area contributed by atoms with E-state index < -0.39 is 0 Å². The lowest BCUT2D eigenvalue weighted by Crippen LogP contribution is -2.12. The first kappa shape index (κ1) is 13.5. The highest BCUT2D eigenvalue weighted by Gasteiger charge is 2.18. The van der Waals surface area contributed by atoms with Crippen molar-refractivity contribution in [2.75, 3.05) is 5.73 Å². The van der Waals surface area contributed by atoms with Crippen LogP contribution >= 0.6 is 31.9 Å². The van der Waals surface area contributed by atoms with E-state index in [2.05, 4.69) is 37.0 Å². The fourth-order valence-corrected chi connectivity index (χ4v) is 2.76. The minimum atomic E-state index is -0.274. The molecule has 96 valence electrons. The molecule has 0 radical (unpaired) electrons. The maximum absolute atomic E-state index is 13.1. The zero-order valence-electron chi connectivity index (χ0n) is 9.92. The predicted octanol–water partition coefficient (Wildman–Crippen LogP) is 4.05. The molecule has 0 amide bonds. The van der Waals surface area contributed by atoms with E-state index in [0.29, 0.717) is 10.3 Å². The Labute approximate surface area is 121 Å². The van der Waals surface area contributed by atoms with Gasteiger partial charge in [-0.05, 0) is 47.5 Å². The summed E-state index contributed by atoms with van der Waals surface area (Å²) in [6.45, 7) is 3.84. The highest BCUT2D eigenvalue weighted by molar-refractivity contribution is 9.11. The summed E-state index contributed by atoms with van der Waals surface area (Å²) in [7, 11) is 0. The number of rotatable bonds is 2. The zero-order valence-corrected chi connectivity index (χ0v) is 13.1. The van der Waals surface area contributed by atoms with Crippen molar-refractivity contribution in [1.29, 1.82) is 0 Å². The zero-order chi connectivity index (χ0) is 13.4. The summed E-state index contributed by atoms with van der Waals surface area (Å²) in [5, 5.41) is 4.38. The molecule has 1 atom stereocenters. The average molecular weight is 377 g/mol. The number of aryl methyl sites for hydroxylation is 1. The molecule has 0 aliphatic rings. The van der Waals surface area contributed by atoms with Crippen molar-refractivity contribution in [3.8, 4) is 0 Å². The molecule has 0 saturated carbocycles. The van der Waals surface area contributed by atoms with E-state index in [-0.39, 0.29) is 11.9 Å². The number of nitrogen functional groups attached to an aromatic ring is 1. The first-order chi connectivity index (χ1) is 8.41. The van der Waals surface area contributed by atoms with Crippen molar-refractivity contribution in [2.45, 2.75) is 19.9 Å². The maximum atomic E-state index is 13.1. The predicted molar refractivity (Wildman–Crippen MR) is 77.0 cm³/mol. The molecular formula is C12H12Br2FN3. The van der Waals surface area contributed by atoms with Crippen LogP contribution in [0.1, 0.15) is 24.2 Å². The van der Waals surface area contributed by atoms with Gasteiger partial charge in [0.05, 0.1) is 16.2 Å². The van der Waals surface area contributed by atoms with Crippen molar-refractivity contribution in [1.82, 2.24) is 9.78 Å². The smallest absolute Gasteiger partial charge is 0.137 e. The maximum Gasteiger partial charge on any atom is 0.137 e. The Bertz CT molecular complexity index is 595. The molecule has 18 heavy (non-hydrogen) atoms. The number of anilines is 1. The molecule has 0 spiro atoms. The van der Waals surface area contributed by atoms with Crippen LogP contribution in [0.2, 0.25) is 0 Å². The van der Waals surface area contributed by atoms with Gasteiger partial charge in [-0.25, -0.2) is 9.07 Å². The first-order valence-corrected chi connectivity index (χ1v) is 6.95. The Morgan fingerprint density at radius 2 is 2.06 bits per heavy atom. The second kappa shape index (κ2) is 5.01. The molecule has 3 nitrogen and oxygen atoms in total. The summed E-state index contributed by atoms with van der Waals surface area (Å²) in [5.41, 5.74) is 7.75. The summed E-state index contributed by atoms with van der Waals surface area (Å²) in [6, 6.07) is 4.52. The van der Waals surface area contributed by atoms with Crippen LogP contribution in [0.25, 0.3) is 0 Å². The highest BCUT2D eigenvalue weighted by atomic mass is 79.9. The SMILES string of the molecule is Cc1nn(C(C)c2ccc(F)cc2Br)c(N)c1Br. The lowest BCUT2D eigenvalue weighted by molar-refractivity contribution is 0.563. The molecule has 1 heterocycles. The normalized spacial score (nSPS) is 12.7. The van der Waals surface area contributed by atoms with E-state index in [1.54, 1.807) is 10.7 Å². The molecule has 2 rings (SSSR count). The van der Waals surface area contributed by atoms with E-state index in [4.69, 9.17) is 5.73 Å². The van der Waals surface area contributed by atoms with Crippen LogP contribution in [-0.2, 0) is 0 Å². The number of aromatic nitrogens is 2. The van der Waals surface area contributed by atoms with Crippen LogP contribution in [0.3, 0.4) is 0 Å². The summed E-state index contributed by atoms with van der Waals surface area (Å²) < 4.78 is 16.3.